The van der Waals surface area contributed by atoms with Gasteiger partial charge in [-0.25, -0.2) is 0 Å². The summed E-state index contributed by atoms with van der Waals surface area (Å²) in [5.74, 6) is 1.93. The Morgan fingerprint density at radius 3 is 2.74 bits per heavy atom. The zero-order valence-electron chi connectivity index (χ0n) is 12.5. The lowest BCUT2D eigenvalue weighted by molar-refractivity contribution is 0.315. The smallest absolute Gasteiger partial charge is 0.137 e. The van der Waals surface area contributed by atoms with Crippen LogP contribution in [0.15, 0.2) is 18.5 Å². The summed E-state index contributed by atoms with van der Waals surface area (Å²) in [6.07, 6.45) is 4.74. The Morgan fingerprint density at radius 2 is 2.11 bits per heavy atom. The van der Waals surface area contributed by atoms with Crippen molar-refractivity contribution in [3.63, 3.8) is 0 Å². The Morgan fingerprint density at radius 1 is 1.32 bits per heavy atom. The topological polar surface area (TPSA) is 34.1 Å². The summed E-state index contributed by atoms with van der Waals surface area (Å²) >= 11 is 1.97. The number of nitrogens with one attached hydrogen (secondary N) is 1. The van der Waals surface area contributed by atoms with Crippen molar-refractivity contribution in [3.05, 3.63) is 24.0 Å². The first kappa shape index (κ1) is 16.3. The molecule has 3 nitrogen and oxygen atoms in total. The molecule has 1 N–H and O–H groups in total. The van der Waals surface area contributed by atoms with Crippen molar-refractivity contribution in [2.45, 2.75) is 45.4 Å². The molecule has 1 heterocycles. The number of nitrogens with zero attached hydrogens (tertiary/aromatic N) is 1. The summed E-state index contributed by atoms with van der Waals surface area (Å²) in [5.41, 5.74) is 1.21. The molecule has 0 fully saturated rings. The van der Waals surface area contributed by atoms with Crippen LogP contribution in [0.3, 0.4) is 0 Å². The predicted molar refractivity (Wildman–Crippen MR) is 84.0 cm³/mol. The van der Waals surface area contributed by atoms with E-state index in [9.17, 15) is 0 Å². The Balaban J connectivity index is 2.71. The summed E-state index contributed by atoms with van der Waals surface area (Å²) < 4.78 is 5.65. The molecule has 1 aromatic heterocycles. The molecule has 0 bridgehead atoms. The van der Waals surface area contributed by atoms with E-state index in [0.29, 0.717) is 11.3 Å². The van der Waals surface area contributed by atoms with Crippen LogP contribution < -0.4 is 10.1 Å². The molecule has 0 aliphatic carbocycles. The van der Waals surface area contributed by atoms with Gasteiger partial charge >= 0.3 is 0 Å². The third-order valence-corrected chi connectivity index (χ3v) is 3.85. The largest absolute Gasteiger partial charge is 0.492 e. The van der Waals surface area contributed by atoms with Crippen molar-refractivity contribution in [2.75, 3.05) is 18.9 Å². The highest BCUT2D eigenvalue weighted by molar-refractivity contribution is 7.99. The van der Waals surface area contributed by atoms with Crippen molar-refractivity contribution in [3.8, 4) is 5.75 Å². The van der Waals surface area contributed by atoms with Gasteiger partial charge in [-0.3, -0.25) is 4.98 Å². The van der Waals surface area contributed by atoms with Crippen LogP contribution in [0.4, 0.5) is 0 Å². The van der Waals surface area contributed by atoms with E-state index in [0.717, 1.165) is 31.1 Å². The summed E-state index contributed by atoms with van der Waals surface area (Å²) in [7, 11) is 0. The zero-order chi connectivity index (χ0) is 14.1. The molecule has 0 spiro atoms. The molecule has 0 saturated heterocycles. The molecule has 4 heteroatoms. The van der Waals surface area contributed by atoms with Gasteiger partial charge in [-0.1, -0.05) is 27.7 Å². The first-order valence-electron chi connectivity index (χ1n) is 7.10. The van der Waals surface area contributed by atoms with Crippen molar-refractivity contribution in [2.24, 2.45) is 0 Å². The van der Waals surface area contributed by atoms with E-state index in [1.807, 2.05) is 18.0 Å². The van der Waals surface area contributed by atoms with Crippen molar-refractivity contribution >= 4 is 11.8 Å². The molecule has 1 rings (SSSR count). The minimum absolute atomic E-state index is 0.343. The van der Waals surface area contributed by atoms with Gasteiger partial charge in [0.25, 0.3) is 0 Å². The molecule has 108 valence electrons. The molecule has 1 atom stereocenters. The van der Waals surface area contributed by atoms with Gasteiger partial charge < -0.3 is 10.1 Å². The maximum absolute atomic E-state index is 5.65. The quantitative estimate of drug-likeness (QED) is 0.749. The van der Waals surface area contributed by atoms with Gasteiger partial charge in [0.2, 0.25) is 0 Å². The Bertz CT molecular complexity index is 358. The van der Waals surface area contributed by atoms with E-state index >= 15 is 0 Å². The van der Waals surface area contributed by atoms with Crippen LogP contribution in [0.1, 0.15) is 45.7 Å². The van der Waals surface area contributed by atoms with Crippen LogP contribution in [0.5, 0.6) is 5.75 Å². The van der Waals surface area contributed by atoms with Crippen LogP contribution in [-0.4, -0.2) is 29.1 Å². The van der Waals surface area contributed by atoms with Crippen LogP contribution in [0.2, 0.25) is 0 Å². The summed E-state index contributed by atoms with van der Waals surface area (Å²) in [6, 6.07) is 2.45. The van der Waals surface area contributed by atoms with Crippen LogP contribution in [0.25, 0.3) is 0 Å². The van der Waals surface area contributed by atoms with Gasteiger partial charge in [0.15, 0.2) is 0 Å². The third kappa shape index (κ3) is 6.30. The number of ether oxygens (including phenoxy) is 1. The molecule has 19 heavy (non-hydrogen) atoms. The predicted octanol–water partition coefficient (Wildman–Crippen LogP) is 3.66. The monoisotopic (exact) mass is 282 g/mol. The second kappa shape index (κ2) is 9.21. The molecule has 0 aromatic carbocycles. The Hall–Kier alpha value is -0.740. The van der Waals surface area contributed by atoms with Crippen molar-refractivity contribution in [1.29, 1.82) is 0 Å². The van der Waals surface area contributed by atoms with E-state index in [1.165, 1.54) is 5.56 Å². The van der Waals surface area contributed by atoms with E-state index in [1.54, 1.807) is 6.20 Å². The summed E-state index contributed by atoms with van der Waals surface area (Å²) in [6.45, 7) is 10.4. The number of pyridine rings is 1. The third-order valence-electron chi connectivity index (χ3n) is 2.66. The SMILES string of the molecule is CCCOc1cncc(C(CSC(C)C)NCC)c1. The standard InChI is InChI=1S/C15H26N2OS/c1-5-7-18-14-8-13(9-16-10-14)15(17-6-2)11-19-12(3)4/h8-10,12,15,17H,5-7,11H2,1-4H3. The van der Waals surface area contributed by atoms with E-state index in [4.69, 9.17) is 4.74 Å². The normalized spacial score (nSPS) is 12.7. The molecule has 0 radical (unpaired) electrons. The van der Waals surface area contributed by atoms with Crippen LogP contribution in [-0.2, 0) is 0 Å². The fourth-order valence-corrected chi connectivity index (χ4v) is 2.62. The second-order valence-corrected chi connectivity index (χ2v) is 6.40. The van der Waals surface area contributed by atoms with Crippen LogP contribution >= 0.6 is 11.8 Å². The van der Waals surface area contributed by atoms with Gasteiger partial charge in [-0.15, -0.1) is 0 Å². The van der Waals surface area contributed by atoms with E-state index in [2.05, 4.69) is 44.1 Å². The molecule has 1 aromatic rings. The number of aromatic nitrogens is 1. The van der Waals surface area contributed by atoms with Gasteiger partial charge in [0.05, 0.1) is 12.8 Å². The number of hydrogen-bond donors (Lipinski definition) is 1. The molecule has 0 aliphatic rings. The molecule has 1 unspecified atom stereocenters. The number of hydrogen-bond acceptors (Lipinski definition) is 4. The molecule has 0 aliphatic heterocycles. The van der Waals surface area contributed by atoms with Gasteiger partial charge in [-0.05, 0) is 29.8 Å². The lowest BCUT2D eigenvalue weighted by atomic mass is 10.1. The first-order chi connectivity index (χ1) is 9.17. The van der Waals surface area contributed by atoms with Gasteiger partial charge in [-0.2, -0.15) is 11.8 Å². The second-order valence-electron chi connectivity index (χ2n) is 4.79. The van der Waals surface area contributed by atoms with E-state index < -0.39 is 0 Å². The molecular weight excluding hydrogens is 256 g/mol. The lowest BCUT2D eigenvalue weighted by Gasteiger charge is -2.19. The highest BCUT2D eigenvalue weighted by Crippen LogP contribution is 2.23. The maximum Gasteiger partial charge on any atom is 0.137 e. The Labute approximate surface area is 121 Å². The highest BCUT2D eigenvalue weighted by atomic mass is 32.2. The zero-order valence-corrected chi connectivity index (χ0v) is 13.3. The number of rotatable bonds is 9. The van der Waals surface area contributed by atoms with Crippen molar-refractivity contribution < 1.29 is 4.74 Å². The average Bonchev–Trinajstić information content (AvgIpc) is 2.41. The molecule has 0 saturated carbocycles. The summed E-state index contributed by atoms with van der Waals surface area (Å²) in [5, 5.41) is 4.17. The lowest BCUT2D eigenvalue weighted by Crippen LogP contribution is -2.23. The minimum atomic E-state index is 0.343. The summed E-state index contributed by atoms with van der Waals surface area (Å²) in [4.78, 5) is 4.29. The minimum Gasteiger partial charge on any atom is -0.492 e. The van der Waals surface area contributed by atoms with Crippen LogP contribution in [0, 0.1) is 0 Å². The number of thioether (sulfide) groups is 1. The van der Waals surface area contributed by atoms with Gasteiger partial charge in [0, 0.05) is 18.0 Å². The van der Waals surface area contributed by atoms with Crippen molar-refractivity contribution in [1.82, 2.24) is 10.3 Å². The fourth-order valence-electron chi connectivity index (χ4n) is 1.73. The Kier molecular flexibility index (Phi) is 7.91. The fraction of sp³-hybridized carbons (Fsp3) is 0.667. The molecular formula is C15H26N2OS. The average molecular weight is 282 g/mol. The maximum atomic E-state index is 5.65. The first-order valence-corrected chi connectivity index (χ1v) is 8.15. The van der Waals surface area contributed by atoms with E-state index in [-0.39, 0.29) is 0 Å². The molecule has 0 amide bonds. The highest BCUT2D eigenvalue weighted by Gasteiger charge is 2.12. The van der Waals surface area contributed by atoms with Gasteiger partial charge in [0.1, 0.15) is 5.75 Å².